The zero-order chi connectivity index (χ0) is 21.4. The van der Waals surface area contributed by atoms with Gasteiger partial charge in [0, 0.05) is 33.9 Å². The Hall–Kier alpha value is -1.91. The maximum absolute atomic E-state index is 13.1. The third-order valence-electron chi connectivity index (χ3n) is 8.65. The van der Waals surface area contributed by atoms with Crippen molar-refractivity contribution in [1.29, 1.82) is 0 Å². The number of rotatable bonds is 5. The van der Waals surface area contributed by atoms with Crippen LogP contribution in [0.5, 0.6) is 5.75 Å². The van der Waals surface area contributed by atoms with Gasteiger partial charge in [-0.25, -0.2) is 0 Å². The predicted molar refractivity (Wildman–Crippen MR) is 123 cm³/mol. The van der Waals surface area contributed by atoms with Crippen molar-refractivity contribution in [3.8, 4) is 5.75 Å². The molecule has 4 fully saturated rings. The second-order valence-corrected chi connectivity index (χ2v) is 11.1. The number of phenolic OH excluding ortho intramolecular Hbond substituents is 1. The van der Waals surface area contributed by atoms with Gasteiger partial charge < -0.3 is 15.7 Å². The Labute approximate surface area is 192 Å². The Morgan fingerprint density at radius 1 is 1.03 bits per heavy atom. The molecule has 5 unspecified atom stereocenters. The summed E-state index contributed by atoms with van der Waals surface area (Å²) in [5.41, 5.74) is 2.63. The van der Waals surface area contributed by atoms with Crippen molar-refractivity contribution in [2.24, 2.45) is 23.2 Å². The van der Waals surface area contributed by atoms with Crippen molar-refractivity contribution in [1.82, 2.24) is 5.32 Å². The Morgan fingerprint density at radius 2 is 1.81 bits per heavy atom. The van der Waals surface area contributed by atoms with Crippen molar-refractivity contribution < 1.29 is 9.90 Å². The summed E-state index contributed by atoms with van der Waals surface area (Å²) in [4.78, 5) is 13.1. The maximum Gasteiger partial charge on any atom is 0.251 e. The molecule has 4 nitrogen and oxygen atoms in total. The molecule has 6 heteroatoms. The Morgan fingerprint density at radius 3 is 2.61 bits per heavy atom. The normalized spacial score (nSPS) is 34.3. The van der Waals surface area contributed by atoms with E-state index in [1.165, 1.54) is 44.6 Å². The number of phenols is 1. The minimum Gasteiger partial charge on any atom is -0.506 e. The number of carbonyl (C=O) groups is 1. The summed E-state index contributed by atoms with van der Waals surface area (Å²) in [6.45, 7) is 0.382. The highest BCUT2D eigenvalue weighted by Crippen LogP contribution is 2.77. The molecule has 0 aromatic heterocycles. The first-order valence-electron chi connectivity index (χ1n) is 11.2. The number of amides is 1. The topological polar surface area (TPSA) is 61.4 Å². The third kappa shape index (κ3) is 2.91. The summed E-state index contributed by atoms with van der Waals surface area (Å²) >= 11 is 12.0. The van der Waals surface area contributed by atoms with Gasteiger partial charge in [-0.2, -0.15) is 0 Å². The van der Waals surface area contributed by atoms with Gasteiger partial charge in [0.2, 0.25) is 0 Å². The van der Waals surface area contributed by atoms with Crippen molar-refractivity contribution in [3.05, 3.63) is 57.6 Å². The van der Waals surface area contributed by atoms with Crippen molar-refractivity contribution >= 4 is 34.8 Å². The van der Waals surface area contributed by atoms with E-state index in [-0.39, 0.29) is 22.2 Å². The molecule has 0 saturated heterocycles. The molecule has 162 valence electrons. The fourth-order valence-electron chi connectivity index (χ4n) is 7.59. The van der Waals surface area contributed by atoms with Gasteiger partial charge in [0.1, 0.15) is 5.75 Å². The van der Waals surface area contributed by atoms with Gasteiger partial charge in [-0.05, 0) is 98.1 Å². The summed E-state index contributed by atoms with van der Waals surface area (Å²) in [5.74, 6) is 2.64. The van der Waals surface area contributed by atoms with Crippen LogP contribution in [-0.2, 0) is 6.54 Å². The lowest BCUT2D eigenvalue weighted by Crippen LogP contribution is -2.67. The Kier molecular flexibility index (Phi) is 4.33. The average molecular weight is 457 g/mol. The molecule has 0 aliphatic heterocycles. The van der Waals surface area contributed by atoms with Crippen LogP contribution in [0.15, 0.2) is 36.4 Å². The number of aromatic hydroxyl groups is 1. The minimum absolute atomic E-state index is 0.0305. The van der Waals surface area contributed by atoms with Gasteiger partial charge in [-0.1, -0.05) is 23.2 Å². The smallest absolute Gasteiger partial charge is 0.251 e. The van der Waals surface area contributed by atoms with Crippen LogP contribution in [0.25, 0.3) is 0 Å². The summed E-state index contributed by atoms with van der Waals surface area (Å²) in [6, 6.07) is 10.7. The summed E-state index contributed by atoms with van der Waals surface area (Å²) in [7, 11) is 0. The molecule has 5 atom stereocenters. The van der Waals surface area contributed by atoms with Gasteiger partial charge in [0.05, 0.1) is 5.02 Å². The maximum atomic E-state index is 13.1. The highest BCUT2D eigenvalue weighted by atomic mass is 35.5. The fraction of sp³-hybridized carbons (Fsp3) is 0.480. The molecule has 4 saturated carbocycles. The van der Waals surface area contributed by atoms with Gasteiger partial charge >= 0.3 is 0 Å². The first-order valence-corrected chi connectivity index (χ1v) is 12.0. The van der Waals surface area contributed by atoms with Gasteiger partial charge in [0.15, 0.2) is 0 Å². The van der Waals surface area contributed by atoms with Crippen LogP contribution < -0.4 is 10.6 Å². The third-order valence-corrected chi connectivity index (χ3v) is 9.15. The van der Waals surface area contributed by atoms with E-state index >= 15 is 0 Å². The van der Waals surface area contributed by atoms with Crippen molar-refractivity contribution in [3.63, 3.8) is 0 Å². The van der Waals surface area contributed by atoms with Crippen LogP contribution in [0, 0.1) is 23.2 Å². The molecule has 31 heavy (non-hydrogen) atoms. The summed E-state index contributed by atoms with van der Waals surface area (Å²) < 4.78 is 0. The monoisotopic (exact) mass is 456 g/mol. The quantitative estimate of drug-likeness (QED) is 0.515. The molecule has 2 aromatic rings. The zero-order valence-corrected chi connectivity index (χ0v) is 18.8. The molecular formula is C25H26Cl2N2O2. The summed E-state index contributed by atoms with van der Waals surface area (Å²) in [5, 5.41) is 17.6. The van der Waals surface area contributed by atoms with Crippen LogP contribution in [0.2, 0.25) is 10.0 Å². The standard InChI is InChI=1S/C25H26Cl2N2O2/c26-19-7-17(22(30)21(27)8-19)13-28-20-3-1-16(2-4-20)23(31)29-25-11-15-5-14-6-18(12-25)24(25,9-14)10-15/h1-4,7-8,14-15,18,28,30H,5-6,9-13H2,(H,29,31). The number of benzene rings is 2. The number of carbonyl (C=O) groups excluding carboxylic acids is 1. The second kappa shape index (κ2) is 6.79. The van der Waals surface area contributed by atoms with Crippen molar-refractivity contribution in [2.75, 3.05) is 5.32 Å². The number of fused-ring (bicyclic) bond motifs is 2. The Balaban J connectivity index is 1.13. The van der Waals surface area contributed by atoms with Crippen LogP contribution in [0.1, 0.15) is 54.4 Å². The summed E-state index contributed by atoms with van der Waals surface area (Å²) in [6.07, 6.45) is 7.79. The Bertz CT molecular complexity index is 1070. The van der Waals surface area contributed by atoms with Crippen LogP contribution in [-0.4, -0.2) is 16.6 Å². The van der Waals surface area contributed by atoms with E-state index in [9.17, 15) is 9.90 Å². The molecule has 4 aliphatic rings. The van der Waals surface area contributed by atoms with E-state index < -0.39 is 0 Å². The molecule has 6 rings (SSSR count). The molecule has 3 N–H and O–H groups in total. The number of hydrogen-bond donors (Lipinski definition) is 3. The molecule has 4 aliphatic carbocycles. The zero-order valence-electron chi connectivity index (χ0n) is 17.3. The van der Waals surface area contributed by atoms with Crippen LogP contribution in [0.4, 0.5) is 5.69 Å². The molecule has 2 aromatic carbocycles. The van der Waals surface area contributed by atoms with E-state index in [1.54, 1.807) is 6.07 Å². The number of anilines is 1. The van der Waals surface area contributed by atoms with Gasteiger partial charge in [-0.15, -0.1) is 0 Å². The number of halogens is 2. The first-order chi connectivity index (χ1) is 14.9. The fourth-order valence-corrected chi connectivity index (χ4v) is 8.12. The predicted octanol–water partition coefficient (Wildman–Crippen LogP) is 6.01. The molecule has 3 bridgehead atoms. The van der Waals surface area contributed by atoms with Gasteiger partial charge in [-0.3, -0.25) is 4.79 Å². The lowest BCUT2D eigenvalue weighted by Gasteiger charge is -2.59. The largest absolute Gasteiger partial charge is 0.506 e. The SMILES string of the molecule is O=C(NC12CC3CC4CC(C1)C2(C4)C3)c1ccc(NCc2cc(Cl)cc(Cl)c2O)cc1. The lowest BCUT2D eigenvalue weighted by molar-refractivity contribution is -0.0484. The molecule has 1 spiro atoms. The second-order valence-electron chi connectivity index (χ2n) is 10.2. The highest BCUT2D eigenvalue weighted by molar-refractivity contribution is 6.35. The van der Waals surface area contributed by atoms with E-state index in [1.807, 2.05) is 24.3 Å². The molecular weight excluding hydrogens is 431 g/mol. The van der Waals surface area contributed by atoms with Crippen molar-refractivity contribution in [2.45, 2.75) is 50.6 Å². The molecule has 0 radical (unpaired) electrons. The van der Waals surface area contributed by atoms with Gasteiger partial charge in [0.25, 0.3) is 5.91 Å². The van der Waals surface area contributed by atoms with E-state index in [2.05, 4.69) is 10.6 Å². The van der Waals surface area contributed by atoms with E-state index in [0.29, 0.717) is 28.1 Å². The first kappa shape index (κ1) is 19.8. The van der Waals surface area contributed by atoms with E-state index in [0.717, 1.165) is 23.4 Å². The molecule has 0 heterocycles. The highest BCUT2D eigenvalue weighted by Gasteiger charge is 2.74. The minimum atomic E-state index is 0.0305. The lowest BCUT2D eigenvalue weighted by atomic mass is 9.51. The van der Waals surface area contributed by atoms with E-state index in [4.69, 9.17) is 23.2 Å². The van der Waals surface area contributed by atoms with Crippen LogP contribution >= 0.6 is 23.2 Å². The molecule has 1 amide bonds. The van der Waals surface area contributed by atoms with Crippen LogP contribution in [0.3, 0.4) is 0 Å². The average Bonchev–Trinajstić information content (AvgIpc) is 3.05. The number of nitrogens with one attached hydrogen (secondary N) is 2. The number of hydrogen-bond acceptors (Lipinski definition) is 3.